The highest BCUT2D eigenvalue weighted by molar-refractivity contribution is 6.35. The van der Waals surface area contributed by atoms with Gasteiger partial charge in [0.05, 0.1) is 11.4 Å². The lowest BCUT2D eigenvalue weighted by atomic mass is 10.00. The quantitative estimate of drug-likeness (QED) is 0.764. The third-order valence-electron chi connectivity index (χ3n) is 4.80. The molecule has 1 aromatic carbocycles. The van der Waals surface area contributed by atoms with Gasteiger partial charge in [-0.15, -0.1) is 0 Å². The number of aromatic nitrogens is 3. The number of carbonyl (C=O) groups excluding carboxylic acids is 1. The van der Waals surface area contributed by atoms with E-state index in [1.807, 2.05) is 42.9 Å². The summed E-state index contributed by atoms with van der Waals surface area (Å²) in [5, 5.41) is 4.45. The fraction of sp³-hybridized carbons (Fsp3) is 0.316. The van der Waals surface area contributed by atoms with E-state index < -0.39 is 0 Å². The predicted molar refractivity (Wildman–Crippen MR) is 100 cm³/mol. The van der Waals surface area contributed by atoms with E-state index in [9.17, 15) is 4.79 Å². The van der Waals surface area contributed by atoms with Crippen molar-refractivity contribution in [1.29, 1.82) is 0 Å². The predicted octanol–water partition coefficient (Wildman–Crippen LogP) is 3.65. The summed E-state index contributed by atoms with van der Waals surface area (Å²) >= 11 is 6.23. The molecule has 0 aliphatic carbocycles. The molecule has 1 aliphatic rings. The second kappa shape index (κ2) is 6.70. The summed E-state index contributed by atoms with van der Waals surface area (Å²) in [5.74, 6) is 0.867. The first-order chi connectivity index (χ1) is 12.5. The maximum absolute atomic E-state index is 12.8. The lowest BCUT2D eigenvalue weighted by molar-refractivity contribution is -0.121. The van der Waals surface area contributed by atoms with Gasteiger partial charge in [0.15, 0.2) is 0 Å². The molecule has 0 unspecified atom stereocenters. The number of nitrogens with one attached hydrogen (secondary N) is 1. The van der Waals surface area contributed by atoms with Crippen LogP contribution in [0.3, 0.4) is 0 Å². The average Bonchev–Trinajstić information content (AvgIpc) is 3.26. The highest BCUT2D eigenvalue weighted by Crippen LogP contribution is 2.34. The number of imidazole rings is 1. The van der Waals surface area contributed by atoms with E-state index in [1.165, 1.54) is 0 Å². The van der Waals surface area contributed by atoms with E-state index in [-0.39, 0.29) is 17.9 Å². The molecule has 2 atom stereocenters. The number of anilines is 1. The Morgan fingerprint density at radius 2 is 2.19 bits per heavy atom. The van der Waals surface area contributed by atoms with Crippen molar-refractivity contribution < 1.29 is 9.53 Å². The fourth-order valence-electron chi connectivity index (χ4n) is 3.37. The smallest absolute Gasteiger partial charge is 0.231 e. The van der Waals surface area contributed by atoms with Gasteiger partial charge in [0.2, 0.25) is 5.91 Å². The summed E-state index contributed by atoms with van der Waals surface area (Å²) in [6.07, 6.45) is 3.88. The number of nitrogens with zero attached hydrogens (tertiary/aromatic N) is 3. The summed E-state index contributed by atoms with van der Waals surface area (Å²) in [6.45, 7) is 2.51. The van der Waals surface area contributed by atoms with Crippen LogP contribution in [0.5, 0.6) is 0 Å². The second-order valence-corrected chi connectivity index (χ2v) is 6.94. The van der Waals surface area contributed by atoms with Gasteiger partial charge in [0.25, 0.3) is 0 Å². The van der Waals surface area contributed by atoms with Crippen molar-refractivity contribution in [2.75, 3.05) is 11.9 Å². The van der Waals surface area contributed by atoms with E-state index in [4.69, 9.17) is 16.3 Å². The monoisotopic (exact) mass is 370 g/mol. The highest BCUT2D eigenvalue weighted by atomic mass is 35.5. The standard InChI is InChI=1S/C19H19ClN4O2/c1-11-3-5-14(20)12-4-6-15(22-16(11)12)23-19(25)13-7-10-26-17(13)18-21-8-9-24(18)2/h3-6,8-9,13,17H,7,10H2,1-2H3,(H,22,23,25)/t13-,17-/m1/s1. The number of benzene rings is 1. The highest BCUT2D eigenvalue weighted by Gasteiger charge is 2.37. The molecule has 4 rings (SSSR count). The fourth-order valence-corrected chi connectivity index (χ4v) is 3.59. The molecular weight excluding hydrogens is 352 g/mol. The summed E-state index contributed by atoms with van der Waals surface area (Å²) < 4.78 is 7.66. The van der Waals surface area contributed by atoms with Crippen molar-refractivity contribution in [3.8, 4) is 0 Å². The molecular formula is C19H19ClN4O2. The first-order valence-electron chi connectivity index (χ1n) is 8.50. The van der Waals surface area contributed by atoms with Gasteiger partial charge in [0, 0.05) is 36.5 Å². The molecule has 3 aromatic rings. The molecule has 26 heavy (non-hydrogen) atoms. The summed E-state index contributed by atoms with van der Waals surface area (Å²) in [7, 11) is 1.90. The van der Waals surface area contributed by atoms with Gasteiger partial charge in [-0.25, -0.2) is 9.97 Å². The topological polar surface area (TPSA) is 69.0 Å². The van der Waals surface area contributed by atoms with Crippen LogP contribution in [-0.4, -0.2) is 27.0 Å². The zero-order valence-electron chi connectivity index (χ0n) is 14.6. The third-order valence-corrected chi connectivity index (χ3v) is 5.13. The largest absolute Gasteiger partial charge is 0.369 e. The molecule has 7 heteroatoms. The molecule has 2 aromatic heterocycles. The molecule has 1 aliphatic heterocycles. The number of hydrogen-bond donors (Lipinski definition) is 1. The van der Waals surface area contributed by atoms with Crippen molar-refractivity contribution in [2.24, 2.45) is 13.0 Å². The van der Waals surface area contributed by atoms with Crippen molar-refractivity contribution in [3.63, 3.8) is 0 Å². The lowest BCUT2D eigenvalue weighted by Gasteiger charge is -2.18. The molecule has 134 valence electrons. The van der Waals surface area contributed by atoms with Gasteiger partial charge in [-0.2, -0.15) is 0 Å². The number of rotatable bonds is 3. The van der Waals surface area contributed by atoms with Gasteiger partial charge in [-0.3, -0.25) is 4.79 Å². The van der Waals surface area contributed by atoms with Crippen LogP contribution in [0, 0.1) is 12.8 Å². The number of pyridine rings is 1. The van der Waals surface area contributed by atoms with Crippen molar-refractivity contribution in [2.45, 2.75) is 19.4 Å². The number of fused-ring (bicyclic) bond motifs is 1. The first-order valence-corrected chi connectivity index (χ1v) is 8.88. The SMILES string of the molecule is Cc1ccc(Cl)c2ccc(NC(=O)[C@@H]3CCO[C@H]3c3nccn3C)nc12. The lowest BCUT2D eigenvalue weighted by Crippen LogP contribution is -2.27. The van der Waals surface area contributed by atoms with Crippen LogP contribution in [0.15, 0.2) is 36.7 Å². The Morgan fingerprint density at radius 3 is 2.96 bits per heavy atom. The average molecular weight is 371 g/mol. The van der Waals surface area contributed by atoms with Crippen LogP contribution < -0.4 is 5.32 Å². The number of halogens is 1. The second-order valence-electron chi connectivity index (χ2n) is 6.53. The number of hydrogen-bond acceptors (Lipinski definition) is 4. The van der Waals surface area contributed by atoms with E-state index in [0.717, 1.165) is 22.3 Å². The molecule has 1 N–H and O–H groups in total. The van der Waals surface area contributed by atoms with Crippen molar-refractivity contribution in [1.82, 2.24) is 14.5 Å². The summed E-state index contributed by atoms with van der Waals surface area (Å²) in [4.78, 5) is 21.7. The Labute approximate surface area is 156 Å². The summed E-state index contributed by atoms with van der Waals surface area (Å²) in [5.41, 5.74) is 1.80. The van der Waals surface area contributed by atoms with E-state index in [1.54, 1.807) is 12.3 Å². The molecule has 0 bridgehead atoms. The van der Waals surface area contributed by atoms with Crippen LogP contribution in [0.1, 0.15) is 23.9 Å². The Morgan fingerprint density at radius 1 is 1.35 bits per heavy atom. The van der Waals surface area contributed by atoms with Gasteiger partial charge in [-0.1, -0.05) is 17.7 Å². The zero-order valence-corrected chi connectivity index (χ0v) is 15.3. The molecule has 1 fully saturated rings. The number of carbonyl (C=O) groups is 1. The number of aryl methyl sites for hydroxylation is 2. The molecule has 6 nitrogen and oxygen atoms in total. The molecule has 1 amide bonds. The minimum absolute atomic E-state index is 0.109. The van der Waals surface area contributed by atoms with Crippen LogP contribution in [0.4, 0.5) is 5.82 Å². The van der Waals surface area contributed by atoms with Gasteiger partial charge < -0.3 is 14.6 Å². The van der Waals surface area contributed by atoms with Crippen LogP contribution in [0.25, 0.3) is 10.9 Å². The Hall–Kier alpha value is -2.44. The Kier molecular flexibility index (Phi) is 4.38. The Bertz CT molecular complexity index is 985. The van der Waals surface area contributed by atoms with Gasteiger partial charge >= 0.3 is 0 Å². The zero-order chi connectivity index (χ0) is 18.3. The maximum Gasteiger partial charge on any atom is 0.231 e. The third kappa shape index (κ3) is 2.95. The molecule has 0 radical (unpaired) electrons. The first kappa shape index (κ1) is 17.0. The van der Waals surface area contributed by atoms with E-state index in [2.05, 4.69) is 15.3 Å². The number of ether oxygens (including phenoxy) is 1. The van der Waals surface area contributed by atoms with Crippen molar-refractivity contribution in [3.05, 3.63) is 53.1 Å². The van der Waals surface area contributed by atoms with E-state index in [0.29, 0.717) is 23.9 Å². The minimum atomic E-state index is -0.341. The maximum atomic E-state index is 12.8. The van der Waals surface area contributed by atoms with Crippen molar-refractivity contribution >= 4 is 34.2 Å². The van der Waals surface area contributed by atoms with Gasteiger partial charge in [0.1, 0.15) is 17.7 Å². The van der Waals surface area contributed by atoms with Crippen LogP contribution in [-0.2, 0) is 16.6 Å². The van der Waals surface area contributed by atoms with E-state index >= 15 is 0 Å². The Balaban J connectivity index is 1.59. The normalized spacial score (nSPS) is 19.8. The molecule has 0 saturated carbocycles. The van der Waals surface area contributed by atoms with Crippen LogP contribution in [0.2, 0.25) is 5.02 Å². The molecule has 1 saturated heterocycles. The van der Waals surface area contributed by atoms with Crippen LogP contribution >= 0.6 is 11.6 Å². The van der Waals surface area contributed by atoms with Gasteiger partial charge in [-0.05, 0) is 37.1 Å². The molecule has 0 spiro atoms. The summed E-state index contributed by atoms with van der Waals surface area (Å²) in [6, 6.07) is 7.43. The molecule has 3 heterocycles. The minimum Gasteiger partial charge on any atom is -0.369 e. The number of amides is 1.